The van der Waals surface area contributed by atoms with Gasteiger partial charge in [0, 0.05) is 11.6 Å². The van der Waals surface area contributed by atoms with Gasteiger partial charge < -0.3 is 14.4 Å². The topological polar surface area (TPSA) is 55.5 Å². The number of rotatable bonds is 4. The highest BCUT2D eigenvalue weighted by Gasteiger charge is 2.06. The first kappa shape index (κ1) is 14.3. The molecule has 0 aliphatic heterocycles. The van der Waals surface area contributed by atoms with Crippen LogP contribution in [0.3, 0.4) is 0 Å². The molecule has 1 N–H and O–H groups in total. The number of hydrogen-bond donors (Lipinski definition) is 1. The molecule has 0 unspecified atom stereocenters. The Morgan fingerprint density at radius 1 is 0.917 bits per heavy atom. The maximum absolute atomic E-state index is 9.24. The Balaban J connectivity index is 1.51. The van der Waals surface area contributed by atoms with Gasteiger partial charge >= 0.3 is 0 Å². The zero-order chi connectivity index (χ0) is 16.4. The molecule has 118 valence electrons. The average molecular weight is 317 g/mol. The van der Waals surface area contributed by atoms with Gasteiger partial charge in [-0.25, -0.2) is 0 Å². The van der Waals surface area contributed by atoms with E-state index in [4.69, 9.17) is 9.26 Å². The maximum atomic E-state index is 9.24. The lowest BCUT2D eigenvalue weighted by Gasteiger charge is -2.09. The van der Waals surface area contributed by atoms with Crippen molar-refractivity contribution in [1.29, 1.82) is 0 Å². The molecule has 0 saturated heterocycles. The van der Waals surface area contributed by atoms with Gasteiger partial charge in [-0.15, -0.1) is 0 Å². The van der Waals surface area contributed by atoms with Crippen molar-refractivity contribution in [2.45, 2.75) is 6.61 Å². The van der Waals surface area contributed by atoms with Gasteiger partial charge in [0.15, 0.2) is 5.76 Å². The molecule has 1 heterocycles. The molecule has 0 bridgehead atoms. The van der Waals surface area contributed by atoms with E-state index in [0.29, 0.717) is 12.4 Å². The Bertz CT molecular complexity index is 968. The minimum absolute atomic E-state index is 0.124. The maximum Gasteiger partial charge on any atom is 0.252 e. The second-order valence-corrected chi connectivity index (χ2v) is 5.50. The first-order valence-electron chi connectivity index (χ1n) is 7.65. The molecular weight excluding hydrogens is 302 g/mol. The summed E-state index contributed by atoms with van der Waals surface area (Å²) in [6.45, 7) is 0.504. The Morgan fingerprint density at radius 3 is 2.50 bits per heavy atom. The summed E-state index contributed by atoms with van der Waals surface area (Å²) in [5.41, 5.74) is 1.98. The fraction of sp³-hybridized carbons (Fsp3) is 0.0500. The summed E-state index contributed by atoms with van der Waals surface area (Å²) in [5, 5.41) is 15.1. The normalized spacial score (nSPS) is 10.8. The summed E-state index contributed by atoms with van der Waals surface area (Å²) in [5.74, 6) is 1.17. The van der Waals surface area contributed by atoms with Crippen LogP contribution in [0, 0.1) is 0 Å². The Morgan fingerprint density at radius 2 is 1.71 bits per heavy atom. The van der Waals surface area contributed by atoms with Crippen LogP contribution >= 0.6 is 0 Å². The molecular formula is C20H15NO3. The molecule has 0 aliphatic carbocycles. The summed E-state index contributed by atoms with van der Waals surface area (Å²) >= 11 is 0. The monoisotopic (exact) mass is 317 g/mol. The first-order chi connectivity index (χ1) is 11.8. The number of ether oxygens (including phenoxy) is 1. The summed E-state index contributed by atoms with van der Waals surface area (Å²) in [6.07, 6.45) is 0. The van der Waals surface area contributed by atoms with Crippen LogP contribution in [0.15, 0.2) is 77.3 Å². The van der Waals surface area contributed by atoms with Crippen molar-refractivity contribution in [1.82, 2.24) is 5.16 Å². The van der Waals surface area contributed by atoms with Gasteiger partial charge in [-0.1, -0.05) is 42.5 Å². The van der Waals surface area contributed by atoms with Crippen molar-refractivity contribution in [2.75, 3.05) is 0 Å². The number of benzene rings is 3. The van der Waals surface area contributed by atoms with Gasteiger partial charge in [0.25, 0.3) is 5.88 Å². The van der Waals surface area contributed by atoms with E-state index in [0.717, 1.165) is 16.9 Å². The van der Waals surface area contributed by atoms with Crippen LogP contribution in [0.5, 0.6) is 11.6 Å². The van der Waals surface area contributed by atoms with Crippen molar-refractivity contribution in [3.8, 4) is 23.0 Å². The molecule has 0 atom stereocenters. The molecule has 4 rings (SSSR count). The smallest absolute Gasteiger partial charge is 0.252 e. The molecule has 3 aromatic carbocycles. The van der Waals surface area contributed by atoms with Gasteiger partial charge in [0.05, 0.1) is 0 Å². The van der Waals surface area contributed by atoms with Crippen molar-refractivity contribution >= 4 is 10.8 Å². The molecule has 4 heteroatoms. The molecule has 1 aromatic heterocycles. The fourth-order valence-electron chi connectivity index (χ4n) is 2.70. The van der Waals surface area contributed by atoms with Crippen LogP contribution in [0.25, 0.3) is 22.1 Å². The Kier molecular flexibility index (Phi) is 3.63. The van der Waals surface area contributed by atoms with Crippen molar-refractivity contribution in [2.24, 2.45) is 0 Å². The second-order valence-electron chi connectivity index (χ2n) is 5.50. The summed E-state index contributed by atoms with van der Waals surface area (Å²) < 4.78 is 10.9. The van der Waals surface area contributed by atoms with E-state index >= 15 is 0 Å². The van der Waals surface area contributed by atoms with Crippen molar-refractivity contribution < 1.29 is 14.4 Å². The SMILES string of the molecule is Oc1cc(-c2ccc(OCc3cccc4ccccc34)cc2)on1. The Hall–Kier alpha value is -3.27. The van der Waals surface area contributed by atoms with Crippen molar-refractivity contribution in [3.63, 3.8) is 0 Å². The first-order valence-corrected chi connectivity index (χ1v) is 7.65. The fourth-order valence-corrected chi connectivity index (χ4v) is 2.70. The van der Waals surface area contributed by atoms with Crippen LogP contribution in [0.1, 0.15) is 5.56 Å². The molecule has 0 fully saturated rings. The van der Waals surface area contributed by atoms with Gasteiger partial charge in [-0.2, -0.15) is 0 Å². The third-order valence-electron chi connectivity index (χ3n) is 3.91. The minimum atomic E-state index is -0.124. The zero-order valence-electron chi connectivity index (χ0n) is 12.8. The number of fused-ring (bicyclic) bond motifs is 1. The van der Waals surface area contributed by atoms with E-state index in [2.05, 4.69) is 29.4 Å². The lowest BCUT2D eigenvalue weighted by Crippen LogP contribution is -1.96. The summed E-state index contributed by atoms with van der Waals surface area (Å²) in [6, 6.07) is 23.5. The summed E-state index contributed by atoms with van der Waals surface area (Å²) in [7, 11) is 0. The standard InChI is InChI=1S/C20H15NO3/c22-20-12-19(24-21-20)15-8-10-17(11-9-15)23-13-16-6-3-5-14-4-1-2-7-18(14)16/h1-12H,13H2,(H,21,22). The highest BCUT2D eigenvalue weighted by atomic mass is 16.5. The third-order valence-corrected chi connectivity index (χ3v) is 3.91. The molecule has 0 aliphatic rings. The van der Waals surface area contributed by atoms with E-state index < -0.39 is 0 Å². The van der Waals surface area contributed by atoms with Crippen LogP contribution in [0.2, 0.25) is 0 Å². The van der Waals surface area contributed by atoms with E-state index in [1.807, 2.05) is 42.5 Å². The molecule has 0 amide bonds. The van der Waals surface area contributed by atoms with Gasteiger partial charge in [-0.05, 0) is 45.8 Å². The number of aromatic hydroxyl groups is 1. The number of aromatic nitrogens is 1. The zero-order valence-corrected chi connectivity index (χ0v) is 12.8. The predicted molar refractivity (Wildman–Crippen MR) is 91.9 cm³/mol. The largest absolute Gasteiger partial charge is 0.491 e. The second kappa shape index (κ2) is 6.08. The highest BCUT2D eigenvalue weighted by Crippen LogP contribution is 2.26. The average Bonchev–Trinajstić information content (AvgIpc) is 3.07. The van der Waals surface area contributed by atoms with E-state index in [1.54, 1.807) is 0 Å². The molecule has 0 radical (unpaired) electrons. The molecule has 4 nitrogen and oxygen atoms in total. The van der Waals surface area contributed by atoms with E-state index in [1.165, 1.54) is 16.8 Å². The number of hydrogen-bond acceptors (Lipinski definition) is 4. The molecule has 4 aromatic rings. The van der Waals surface area contributed by atoms with Gasteiger partial charge in [0.2, 0.25) is 0 Å². The van der Waals surface area contributed by atoms with Gasteiger partial charge in [-0.3, -0.25) is 0 Å². The van der Waals surface area contributed by atoms with Crippen LogP contribution in [-0.2, 0) is 6.61 Å². The Labute approximate surface area is 138 Å². The van der Waals surface area contributed by atoms with Crippen LogP contribution in [0.4, 0.5) is 0 Å². The van der Waals surface area contributed by atoms with E-state index in [9.17, 15) is 5.11 Å². The van der Waals surface area contributed by atoms with Crippen LogP contribution < -0.4 is 4.74 Å². The summed E-state index contributed by atoms with van der Waals surface area (Å²) in [4.78, 5) is 0. The highest BCUT2D eigenvalue weighted by molar-refractivity contribution is 5.85. The molecule has 0 spiro atoms. The van der Waals surface area contributed by atoms with Crippen molar-refractivity contribution in [3.05, 3.63) is 78.4 Å². The van der Waals surface area contributed by atoms with Gasteiger partial charge in [0.1, 0.15) is 12.4 Å². The molecule has 0 saturated carbocycles. The third kappa shape index (κ3) is 2.82. The quantitative estimate of drug-likeness (QED) is 0.588. The minimum Gasteiger partial charge on any atom is -0.491 e. The molecule has 24 heavy (non-hydrogen) atoms. The van der Waals surface area contributed by atoms with E-state index in [-0.39, 0.29) is 5.88 Å². The number of nitrogens with zero attached hydrogens (tertiary/aromatic N) is 1. The van der Waals surface area contributed by atoms with Crippen LogP contribution in [-0.4, -0.2) is 10.3 Å². The lowest BCUT2D eigenvalue weighted by molar-refractivity contribution is 0.307. The predicted octanol–water partition coefficient (Wildman–Crippen LogP) is 4.78. The lowest BCUT2D eigenvalue weighted by atomic mass is 10.1.